The molecule has 0 saturated carbocycles. The Bertz CT molecular complexity index is 1080. The maximum atomic E-state index is 13.6. The quantitative estimate of drug-likeness (QED) is 0.330. The molecule has 2 heterocycles. The first kappa shape index (κ1) is 26.7. The van der Waals surface area contributed by atoms with Gasteiger partial charge in [-0.15, -0.1) is 12.4 Å². The molecule has 9 heteroatoms. The number of carbonyl (C=O) groups excluding carboxylic acids is 1. The molecule has 34 heavy (non-hydrogen) atoms. The zero-order valence-corrected chi connectivity index (χ0v) is 22.0. The molecular formula is C25H31Cl2N3O3S. The zero-order chi connectivity index (χ0) is 23.2. The second-order valence-corrected chi connectivity index (χ2v) is 9.65. The van der Waals surface area contributed by atoms with Crippen molar-refractivity contribution in [3.05, 3.63) is 52.5 Å². The van der Waals surface area contributed by atoms with Crippen molar-refractivity contribution in [3.8, 4) is 5.75 Å². The van der Waals surface area contributed by atoms with Crippen molar-refractivity contribution in [3.63, 3.8) is 0 Å². The lowest BCUT2D eigenvalue weighted by molar-refractivity contribution is 0.0391. The van der Waals surface area contributed by atoms with Crippen LogP contribution in [0.25, 0.3) is 10.2 Å². The van der Waals surface area contributed by atoms with Crippen LogP contribution in [0, 0.1) is 6.92 Å². The SMILES string of the molecule is CCCCOc1ccc(C(=O)N(CCN2CCOCC2)c2nc3c(C)cc(Cl)cc3s2)cc1.Cl. The highest BCUT2D eigenvalue weighted by Gasteiger charge is 2.23. The van der Waals surface area contributed by atoms with Gasteiger partial charge in [-0.1, -0.05) is 36.3 Å². The summed E-state index contributed by atoms with van der Waals surface area (Å²) in [5, 5.41) is 1.37. The molecule has 0 unspecified atom stereocenters. The Balaban J connectivity index is 0.00000324. The van der Waals surface area contributed by atoms with Crippen LogP contribution in [0.3, 0.4) is 0 Å². The van der Waals surface area contributed by atoms with Crippen LogP contribution in [0.4, 0.5) is 5.13 Å². The molecule has 4 rings (SSSR count). The fraction of sp³-hybridized carbons (Fsp3) is 0.440. The van der Waals surface area contributed by atoms with E-state index in [2.05, 4.69) is 11.8 Å². The number of aryl methyl sites for hydroxylation is 1. The molecule has 1 aliphatic rings. The highest BCUT2D eigenvalue weighted by Crippen LogP contribution is 2.33. The van der Waals surface area contributed by atoms with Crippen molar-refractivity contribution in [2.45, 2.75) is 26.7 Å². The van der Waals surface area contributed by atoms with Crippen molar-refractivity contribution in [2.24, 2.45) is 0 Å². The number of carbonyl (C=O) groups is 1. The van der Waals surface area contributed by atoms with Gasteiger partial charge < -0.3 is 9.47 Å². The number of halogens is 2. The molecule has 0 spiro atoms. The molecule has 2 aromatic carbocycles. The van der Waals surface area contributed by atoms with Crippen LogP contribution < -0.4 is 9.64 Å². The Morgan fingerprint density at radius 2 is 1.97 bits per heavy atom. The first-order valence-electron chi connectivity index (χ1n) is 11.5. The fourth-order valence-corrected chi connectivity index (χ4v) is 5.24. The largest absolute Gasteiger partial charge is 0.494 e. The number of ether oxygens (including phenoxy) is 2. The van der Waals surface area contributed by atoms with Crippen LogP contribution in [-0.2, 0) is 4.74 Å². The van der Waals surface area contributed by atoms with E-state index in [4.69, 9.17) is 26.1 Å². The van der Waals surface area contributed by atoms with Crippen molar-refractivity contribution in [2.75, 3.05) is 50.9 Å². The maximum absolute atomic E-state index is 13.6. The van der Waals surface area contributed by atoms with E-state index in [1.165, 1.54) is 11.3 Å². The van der Waals surface area contributed by atoms with E-state index in [0.29, 0.717) is 28.9 Å². The number of hydrogen-bond donors (Lipinski definition) is 0. The number of benzene rings is 2. The lowest BCUT2D eigenvalue weighted by Gasteiger charge is -2.29. The number of aromatic nitrogens is 1. The Labute approximate surface area is 216 Å². The molecule has 0 N–H and O–H groups in total. The minimum absolute atomic E-state index is 0. The van der Waals surface area contributed by atoms with E-state index in [-0.39, 0.29) is 18.3 Å². The predicted octanol–water partition coefficient (Wildman–Crippen LogP) is 5.84. The van der Waals surface area contributed by atoms with Crippen LogP contribution >= 0.6 is 35.3 Å². The number of unbranched alkanes of at least 4 members (excludes halogenated alkanes) is 1. The molecule has 0 radical (unpaired) electrons. The summed E-state index contributed by atoms with van der Waals surface area (Å²) in [5.41, 5.74) is 2.52. The summed E-state index contributed by atoms with van der Waals surface area (Å²) in [5.74, 6) is 0.719. The topological polar surface area (TPSA) is 54.9 Å². The van der Waals surface area contributed by atoms with Gasteiger partial charge in [-0.25, -0.2) is 4.98 Å². The van der Waals surface area contributed by atoms with E-state index in [1.54, 1.807) is 4.90 Å². The summed E-state index contributed by atoms with van der Waals surface area (Å²) in [6.07, 6.45) is 2.10. The summed E-state index contributed by atoms with van der Waals surface area (Å²) in [6.45, 7) is 9.34. The van der Waals surface area contributed by atoms with E-state index in [9.17, 15) is 4.79 Å². The minimum Gasteiger partial charge on any atom is -0.494 e. The van der Waals surface area contributed by atoms with Crippen molar-refractivity contribution in [1.82, 2.24) is 9.88 Å². The molecule has 1 saturated heterocycles. The van der Waals surface area contributed by atoms with Gasteiger partial charge in [-0.05, 0) is 55.3 Å². The van der Waals surface area contributed by atoms with Gasteiger partial charge in [-0.2, -0.15) is 0 Å². The van der Waals surface area contributed by atoms with Crippen molar-refractivity contribution in [1.29, 1.82) is 0 Å². The molecule has 0 bridgehead atoms. The molecule has 1 amide bonds. The van der Waals surface area contributed by atoms with E-state index >= 15 is 0 Å². The zero-order valence-electron chi connectivity index (χ0n) is 19.6. The molecule has 0 aliphatic carbocycles. The molecule has 0 atom stereocenters. The lowest BCUT2D eigenvalue weighted by atomic mass is 10.2. The highest BCUT2D eigenvalue weighted by atomic mass is 35.5. The summed E-state index contributed by atoms with van der Waals surface area (Å²) in [4.78, 5) is 22.5. The fourth-order valence-electron chi connectivity index (χ4n) is 3.79. The van der Waals surface area contributed by atoms with Crippen LogP contribution in [0.15, 0.2) is 36.4 Å². The average Bonchev–Trinajstić information content (AvgIpc) is 3.24. The van der Waals surface area contributed by atoms with Crippen LogP contribution in [-0.4, -0.2) is 61.8 Å². The summed E-state index contributed by atoms with van der Waals surface area (Å²) in [7, 11) is 0. The third-order valence-corrected chi connectivity index (χ3v) is 6.97. The summed E-state index contributed by atoms with van der Waals surface area (Å²) in [6, 6.07) is 11.2. The number of anilines is 1. The monoisotopic (exact) mass is 523 g/mol. The van der Waals surface area contributed by atoms with Gasteiger partial charge in [0.15, 0.2) is 5.13 Å². The number of thiazole rings is 1. The van der Waals surface area contributed by atoms with E-state index < -0.39 is 0 Å². The standard InChI is InChI=1S/C25H30ClN3O3S.ClH/c1-3-4-13-32-21-7-5-19(6-8-21)24(30)29(10-9-28-11-14-31-15-12-28)25-27-23-18(2)16-20(26)17-22(23)33-25;/h5-8,16-17H,3-4,9-15H2,1-2H3;1H. The summed E-state index contributed by atoms with van der Waals surface area (Å²) >= 11 is 7.76. The Kier molecular flexibility index (Phi) is 9.97. The van der Waals surface area contributed by atoms with Gasteiger partial charge >= 0.3 is 0 Å². The molecule has 1 aliphatic heterocycles. The van der Waals surface area contributed by atoms with E-state index in [1.807, 2.05) is 43.3 Å². The van der Waals surface area contributed by atoms with Gasteiger partial charge in [0.05, 0.1) is 30.0 Å². The minimum atomic E-state index is -0.0637. The number of rotatable bonds is 9. The normalized spacial score (nSPS) is 14.1. The number of morpholine rings is 1. The van der Waals surface area contributed by atoms with Gasteiger partial charge in [0, 0.05) is 36.8 Å². The first-order chi connectivity index (χ1) is 16.0. The molecule has 1 aromatic heterocycles. The number of nitrogens with zero attached hydrogens (tertiary/aromatic N) is 3. The average molecular weight is 525 g/mol. The molecule has 1 fully saturated rings. The maximum Gasteiger partial charge on any atom is 0.260 e. The van der Waals surface area contributed by atoms with Crippen LogP contribution in [0.2, 0.25) is 5.02 Å². The lowest BCUT2D eigenvalue weighted by Crippen LogP contribution is -2.43. The van der Waals surface area contributed by atoms with E-state index in [0.717, 1.165) is 67.2 Å². The van der Waals surface area contributed by atoms with Gasteiger partial charge in [0.25, 0.3) is 5.91 Å². The van der Waals surface area contributed by atoms with Crippen molar-refractivity contribution < 1.29 is 14.3 Å². The number of fused-ring (bicyclic) bond motifs is 1. The Hall–Kier alpha value is -1.90. The Morgan fingerprint density at radius 1 is 1.24 bits per heavy atom. The molecule has 184 valence electrons. The van der Waals surface area contributed by atoms with Gasteiger partial charge in [0.2, 0.25) is 0 Å². The molecule has 6 nitrogen and oxygen atoms in total. The second kappa shape index (κ2) is 12.7. The molecular weight excluding hydrogens is 493 g/mol. The summed E-state index contributed by atoms with van der Waals surface area (Å²) < 4.78 is 12.2. The van der Waals surface area contributed by atoms with Gasteiger partial charge in [-0.3, -0.25) is 14.6 Å². The highest BCUT2D eigenvalue weighted by molar-refractivity contribution is 7.22. The first-order valence-corrected chi connectivity index (χ1v) is 12.7. The smallest absolute Gasteiger partial charge is 0.260 e. The predicted molar refractivity (Wildman–Crippen MR) is 142 cm³/mol. The molecule has 3 aromatic rings. The van der Waals surface area contributed by atoms with Crippen LogP contribution in [0.5, 0.6) is 5.75 Å². The van der Waals surface area contributed by atoms with Crippen molar-refractivity contribution >= 4 is 56.6 Å². The van der Waals surface area contributed by atoms with Gasteiger partial charge in [0.1, 0.15) is 5.75 Å². The second-order valence-electron chi connectivity index (χ2n) is 8.20. The number of hydrogen-bond acceptors (Lipinski definition) is 6. The van der Waals surface area contributed by atoms with Crippen LogP contribution in [0.1, 0.15) is 35.7 Å². The third kappa shape index (κ3) is 6.61. The number of amides is 1. The third-order valence-electron chi connectivity index (χ3n) is 5.73. The Morgan fingerprint density at radius 3 is 2.68 bits per heavy atom.